The number of pyridine rings is 1. The molecule has 1 amide bonds. The molecule has 0 unspecified atom stereocenters. The molecule has 1 aliphatic rings. The maximum absolute atomic E-state index is 12.7. The largest absolute Gasteiger partial charge is 0.363 e. The van der Waals surface area contributed by atoms with Crippen molar-refractivity contribution < 1.29 is 4.79 Å². The molecule has 3 heterocycles. The second kappa shape index (κ2) is 8.02. The molecule has 0 aromatic carbocycles. The second-order valence-electron chi connectivity index (χ2n) is 6.53. The molecule has 1 saturated heterocycles. The van der Waals surface area contributed by atoms with Crippen LogP contribution in [0.1, 0.15) is 16.1 Å². The molecule has 0 bridgehead atoms. The van der Waals surface area contributed by atoms with Crippen LogP contribution in [0.25, 0.3) is 0 Å². The lowest BCUT2D eigenvalue weighted by atomic mass is 10.0. The van der Waals surface area contributed by atoms with E-state index in [1.165, 1.54) is 0 Å². The van der Waals surface area contributed by atoms with Crippen molar-refractivity contribution in [3.8, 4) is 0 Å². The van der Waals surface area contributed by atoms with Crippen LogP contribution < -0.4 is 10.2 Å². The van der Waals surface area contributed by atoms with E-state index in [0.29, 0.717) is 24.6 Å². The fourth-order valence-corrected chi connectivity index (χ4v) is 3.02. The SMILES string of the molecule is CN(C)c1cc(C[C@@H]2CNCCN(C(=O)c3cccnc3)C2)ncn1. The van der Waals surface area contributed by atoms with Crippen LogP contribution in [0.3, 0.4) is 0 Å². The minimum Gasteiger partial charge on any atom is -0.363 e. The highest BCUT2D eigenvalue weighted by atomic mass is 16.2. The number of carbonyl (C=O) groups is 1. The minimum absolute atomic E-state index is 0.0402. The molecule has 0 aliphatic carbocycles. The van der Waals surface area contributed by atoms with E-state index in [1.807, 2.05) is 36.0 Å². The van der Waals surface area contributed by atoms with Crippen molar-refractivity contribution in [2.45, 2.75) is 6.42 Å². The van der Waals surface area contributed by atoms with E-state index in [1.54, 1.807) is 24.8 Å². The minimum atomic E-state index is 0.0402. The summed E-state index contributed by atoms with van der Waals surface area (Å²) in [6.45, 7) is 3.09. The Kier molecular flexibility index (Phi) is 5.55. The van der Waals surface area contributed by atoms with Crippen molar-refractivity contribution in [3.05, 3.63) is 48.2 Å². The Bertz CT molecular complexity index is 706. The fraction of sp³-hybridized carbons (Fsp3) is 0.444. The van der Waals surface area contributed by atoms with Gasteiger partial charge in [0.15, 0.2) is 0 Å². The van der Waals surface area contributed by atoms with Crippen molar-refractivity contribution in [1.82, 2.24) is 25.2 Å². The first-order valence-electron chi connectivity index (χ1n) is 8.52. The zero-order valence-corrected chi connectivity index (χ0v) is 14.7. The van der Waals surface area contributed by atoms with Crippen LogP contribution >= 0.6 is 0 Å². The number of rotatable bonds is 4. The fourth-order valence-electron chi connectivity index (χ4n) is 3.02. The van der Waals surface area contributed by atoms with Crippen molar-refractivity contribution in [1.29, 1.82) is 0 Å². The molecule has 2 aromatic rings. The Balaban J connectivity index is 1.70. The third-order valence-electron chi connectivity index (χ3n) is 4.33. The number of hydrogen-bond donors (Lipinski definition) is 1. The number of aromatic nitrogens is 3. The summed E-state index contributed by atoms with van der Waals surface area (Å²) >= 11 is 0. The predicted molar refractivity (Wildman–Crippen MR) is 96.6 cm³/mol. The van der Waals surface area contributed by atoms with Crippen LogP contribution in [0.5, 0.6) is 0 Å². The first-order valence-corrected chi connectivity index (χ1v) is 8.52. The molecule has 2 aromatic heterocycles. The van der Waals surface area contributed by atoms with Gasteiger partial charge in [0.05, 0.1) is 5.56 Å². The zero-order chi connectivity index (χ0) is 17.6. The Morgan fingerprint density at radius 2 is 2.28 bits per heavy atom. The average molecular weight is 340 g/mol. The summed E-state index contributed by atoms with van der Waals surface area (Å²) in [6, 6.07) is 5.62. The Morgan fingerprint density at radius 1 is 1.40 bits per heavy atom. The van der Waals surface area contributed by atoms with Crippen LogP contribution in [-0.4, -0.2) is 66.0 Å². The highest BCUT2D eigenvalue weighted by molar-refractivity contribution is 5.93. The van der Waals surface area contributed by atoms with Gasteiger partial charge in [-0.25, -0.2) is 9.97 Å². The van der Waals surface area contributed by atoms with Crippen molar-refractivity contribution >= 4 is 11.7 Å². The lowest BCUT2D eigenvalue weighted by Gasteiger charge is -2.24. The molecule has 1 atom stereocenters. The van der Waals surface area contributed by atoms with E-state index in [0.717, 1.165) is 31.0 Å². The zero-order valence-electron chi connectivity index (χ0n) is 14.7. The van der Waals surface area contributed by atoms with E-state index >= 15 is 0 Å². The van der Waals surface area contributed by atoms with Gasteiger partial charge in [-0.15, -0.1) is 0 Å². The van der Waals surface area contributed by atoms with Gasteiger partial charge in [0, 0.05) is 64.4 Å². The molecule has 7 nitrogen and oxygen atoms in total. The first kappa shape index (κ1) is 17.3. The molecule has 1 N–H and O–H groups in total. The van der Waals surface area contributed by atoms with Gasteiger partial charge in [0.2, 0.25) is 0 Å². The van der Waals surface area contributed by atoms with Gasteiger partial charge in [0.1, 0.15) is 12.1 Å². The number of amides is 1. The molecule has 0 saturated carbocycles. The molecule has 0 radical (unpaired) electrons. The maximum Gasteiger partial charge on any atom is 0.255 e. The molecular weight excluding hydrogens is 316 g/mol. The molecule has 132 valence electrons. The smallest absolute Gasteiger partial charge is 0.255 e. The molecule has 3 rings (SSSR count). The third-order valence-corrected chi connectivity index (χ3v) is 4.33. The summed E-state index contributed by atoms with van der Waals surface area (Å²) in [5.41, 5.74) is 1.64. The quantitative estimate of drug-likeness (QED) is 0.889. The van der Waals surface area contributed by atoms with Gasteiger partial charge in [-0.2, -0.15) is 0 Å². The number of anilines is 1. The number of hydrogen-bond acceptors (Lipinski definition) is 6. The number of nitrogens with one attached hydrogen (secondary N) is 1. The van der Waals surface area contributed by atoms with E-state index < -0.39 is 0 Å². The van der Waals surface area contributed by atoms with Gasteiger partial charge >= 0.3 is 0 Å². The molecule has 25 heavy (non-hydrogen) atoms. The van der Waals surface area contributed by atoms with Crippen LogP contribution in [-0.2, 0) is 6.42 Å². The van der Waals surface area contributed by atoms with Crippen LogP contribution in [0.15, 0.2) is 36.9 Å². The summed E-state index contributed by atoms with van der Waals surface area (Å²) in [7, 11) is 3.93. The molecule has 0 spiro atoms. The summed E-state index contributed by atoms with van der Waals surface area (Å²) in [4.78, 5) is 29.3. The molecule has 1 fully saturated rings. The molecule has 1 aliphatic heterocycles. The summed E-state index contributed by atoms with van der Waals surface area (Å²) in [5, 5.41) is 3.43. The normalized spacial score (nSPS) is 17.8. The molecule has 7 heteroatoms. The number of nitrogens with zero attached hydrogens (tertiary/aromatic N) is 5. The van der Waals surface area contributed by atoms with Crippen molar-refractivity contribution in [2.75, 3.05) is 45.2 Å². The standard InChI is InChI=1S/C18H24N6O/c1-23(2)17-9-16(21-13-22-17)8-14-10-20-6-7-24(12-14)18(25)15-4-3-5-19-11-15/h3-5,9,11,13-14,20H,6-8,10,12H2,1-2H3/t14-/m1/s1. The van der Waals surface area contributed by atoms with E-state index in [9.17, 15) is 4.79 Å². The highest BCUT2D eigenvalue weighted by Gasteiger charge is 2.23. The van der Waals surface area contributed by atoms with Crippen molar-refractivity contribution in [3.63, 3.8) is 0 Å². The summed E-state index contributed by atoms with van der Waals surface area (Å²) in [5.74, 6) is 1.25. The van der Waals surface area contributed by atoms with E-state index in [4.69, 9.17) is 0 Å². The van der Waals surface area contributed by atoms with E-state index in [2.05, 4.69) is 20.3 Å². The summed E-state index contributed by atoms with van der Waals surface area (Å²) < 4.78 is 0. The highest BCUT2D eigenvalue weighted by Crippen LogP contribution is 2.15. The second-order valence-corrected chi connectivity index (χ2v) is 6.53. The van der Waals surface area contributed by atoms with Gasteiger partial charge in [-0.1, -0.05) is 0 Å². The average Bonchev–Trinajstić information content (AvgIpc) is 2.87. The third kappa shape index (κ3) is 4.51. The Labute approximate surface area is 148 Å². The monoisotopic (exact) mass is 340 g/mol. The lowest BCUT2D eigenvalue weighted by molar-refractivity contribution is 0.0746. The topological polar surface area (TPSA) is 74.2 Å². The predicted octanol–water partition coefficient (Wildman–Crippen LogP) is 0.842. The van der Waals surface area contributed by atoms with Gasteiger partial charge in [-0.05, 0) is 24.5 Å². The molecular formula is C18H24N6O. The Morgan fingerprint density at radius 3 is 3.04 bits per heavy atom. The Hall–Kier alpha value is -2.54. The maximum atomic E-state index is 12.7. The van der Waals surface area contributed by atoms with Gasteiger partial charge in [-0.3, -0.25) is 9.78 Å². The van der Waals surface area contributed by atoms with Crippen LogP contribution in [0.4, 0.5) is 5.82 Å². The lowest BCUT2D eigenvalue weighted by Crippen LogP contribution is -2.36. The van der Waals surface area contributed by atoms with Crippen LogP contribution in [0.2, 0.25) is 0 Å². The van der Waals surface area contributed by atoms with Gasteiger partial charge < -0.3 is 15.1 Å². The number of carbonyl (C=O) groups excluding carboxylic acids is 1. The van der Waals surface area contributed by atoms with E-state index in [-0.39, 0.29) is 5.91 Å². The first-order chi connectivity index (χ1) is 12.1. The van der Waals surface area contributed by atoms with Crippen LogP contribution in [0, 0.1) is 5.92 Å². The summed E-state index contributed by atoms with van der Waals surface area (Å²) in [6.07, 6.45) is 5.73. The van der Waals surface area contributed by atoms with Gasteiger partial charge in [0.25, 0.3) is 5.91 Å². The van der Waals surface area contributed by atoms with Crippen molar-refractivity contribution in [2.24, 2.45) is 5.92 Å².